The normalized spacial score (nSPS) is 27.7. The van der Waals surface area contributed by atoms with Crippen molar-refractivity contribution < 1.29 is 9.53 Å². The van der Waals surface area contributed by atoms with Crippen LogP contribution in [0, 0.1) is 0 Å². The van der Waals surface area contributed by atoms with Gasteiger partial charge in [0.15, 0.2) is 0 Å². The van der Waals surface area contributed by atoms with Crippen molar-refractivity contribution in [1.29, 1.82) is 0 Å². The van der Waals surface area contributed by atoms with E-state index in [2.05, 4.69) is 4.99 Å². The molecular formula is C6H10N2O2. The van der Waals surface area contributed by atoms with Crippen LogP contribution in [0.25, 0.3) is 0 Å². The van der Waals surface area contributed by atoms with Gasteiger partial charge in [-0.1, -0.05) is 0 Å². The zero-order valence-corrected chi connectivity index (χ0v) is 6.00. The molecule has 0 bridgehead atoms. The first-order chi connectivity index (χ1) is 4.61. The first kappa shape index (κ1) is 7.21. The molecule has 0 aromatic carbocycles. The average molecular weight is 142 g/mol. The van der Waals surface area contributed by atoms with Crippen LogP contribution in [-0.4, -0.2) is 24.0 Å². The summed E-state index contributed by atoms with van der Waals surface area (Å²) in [5.41, 5.74) is 5.41. The highest BCUT2D eigenvalue weighted by molar-refractivity contribution is 5.99. The molecule has 0 aromatic heterocycles. The number of ether oxygens (including phenoxy) is 1. The van der Waals surface area contributed by atoms with Gasteiger partial charge in [-0.15, -0.1) is 0 Å². The topological polar surface area (TPSA) is 64.7 Å². The van der Waals surface area contributed by atoms with Gasteiger partial charge in [0.05, 0.1) is 6.04 Å². The Bertz CT molecular complexity index is 186. The molecule has 0 aliphatic carbocycles. The van der Waals surface area contributed by atoms with Crippen molar-refractivity contribution in [1.82, 2.24) is 0 Å². The molecule has 1 aliphatic rings. The lowest BCUT2D eigenvalue weighted by atomic mass is 10.3. The van der Waals surface area contributed by atoms with Crippen molar-refractivity contribution in [3.8, 4) is 0 Å². The number of nitrogens with zero attached hydrogens (tertiary/aromatic N) is 1. The van der Waals surface area contributed by atoms with Gasteiger partial charge in [-0.25, -0.2) is 9.79 Å². The highest BCUT2D eigenvalue weighted by atomic mass is 16.6. The summed E-state index contributed by atoms with van der Waals surface area (Å²) in [4.78, 5) is 14.6. The zero-order chi connectivity index (χ0) is 7.72. The van der Waals surface area contributed by atoms with E-state index in [1.807, 2.05) is 0 Å². The summed E-state index contributed by atoms with van der Waals surface area (Å²) in [6.45, 7) is 3.40. The third kappa shape index (κ3) is 1.16. The monoisotopic (exact) mass is 142 g/mol. The van der Waals surface area contributed by atoms with E-state index < -0.39 is 0 Å². The quantitative estimate of drug-likeness (QED) is 0.510. The maximum Gasteiger partial charge on any atom is 0.337 e. The van der Waals surface area contributed by atoms with E-state index in [0.29, 0.717) is 5.90 Å². The van der Waals surface area contributed by atoms with Gasteiger partial charge in [-0.2, -0.15) is 0 Å². The number of carbonyl (C=O) groups is 1. The highest BCUT2D eigenvalue weighted by Gasteiger charge is 2.26. The van der Waals surface area contributed by atoms with E-state index in [0.717, 1.165) is 0 Å². The van der Waals surface area contributed by atoms with Crippen LogP contribution in [0.15, 0.2) is 4.99 Å². The molecule has 1 aliphatic heterocycles. The van der Waals surface area contributed by atoms with Gasteiger partial charge < -0.3 is 10.5 Å². The van der Waals surface area contributed by atoms with Crippen LogP contribution < -0.4 is 5.73 Å². The van der Waals surface area contributed by atoms with Crippen LogP contribution in [0.1, 0.15) is 13.8 Å². The van der Waals surface area contributed by atoms with Crippen molar-refractivity contribution >= 4 is 11.9 Å². The summed E-state index contributed by atoms with van der Waals surface area (Å²) in [6.07, 6.45) is 0. The number of rotatable bonds is 1. The number of hydrogen-bond acceptors (Lipinski definition) is 4. The Morgan fingerprint density at radius 3 is 2.60 bits per heavy atom. The number of hydrogen-bond donors (Lipinski definition) is 1. The van der Waals surface area contributed by atoms with E-state index in [-0.39, 0.29) is 18.1 Å². The van der Waals surface area contributed by atoms with E-state index in [1.165, 1.54) is 0 Å². The van der Waals surface area contributed by atoms with Crippen molar-refractivity contribution in [3.63, 3.8) is 0 Å². The molecular weight excluding hydrogens is 132 g/mol. The third-order valence-corrected chi connectivity index (χ3v) is 1.26. The molecule has 0 aromatic rings. The second kappa shape index (κ2) is 2.38. The van der Waals surface area contributed by atoms with Crippen LogP contribution >= 0.6 is 0 Å². The van der Waals surface area contributed by atoms with E-state index in [9.17, 15) is 4.79 Å². The fourth-order valence-corrected chi connectivity index (χ4v) is 0.669. The SMILES string of the molecule is C[C@H](N)C1=N[C@@H](C)C(=O)O1. The molecule has 10 heavy (non-hydrogen) atoms. The minimum Gasteiger partial charge on any atom is -0.409 e. The Balaban J connectivity index is 2.67. The zero-order valence-electron chi connectivity index (χ0n) is 6.00. The smallest absolute Gasteiger partial charge is 0.337 e. The molecule has 1 rings (SSSR count). The lowest BCUT2D eigenvalue weighted by Crippen LogP contribution is -2.27. The Kier molecular flexibility index (Phi) is 1.72. The van der Waals surface area contributed by atoms with Gasteiger partial charge in [-0.3, -0.25) is 0 Å². The molecule has 0 saturated heterocycles. The Labute approximate surface area is 59.1 Å². The second-order valence-corrected chi connectivity index (χ2v) is 2.35. The van der Waals surface area contributed by atoms with Crippen LogP contribution in [0.4, 0.5) is 0 Å². The molecule has 4 nitrogen and oxygen atoms in total. The van der Waals surface area contributed by atoms with Crippen LogP contribution in [-0.2, 0) is 9.53 Å². The number of carbonyl (C=O) groups excluding carboxylic acids is 1. The maximum atomic E-state index is 10.7. The van der Waals surface area contributed by atoms with Crippen LogP contribution in [0.3, 0.4) is 0 Å². The van der Waals surface area contributed by atoms with Gasteiger partial charge in [0, 0.05) is 0 Å². The second-order valence-electron chi connectivity index (χ2n) is 2.35. The van der Waals surface area contributed by atoms with Gasteiger partial charge in [0.2, 0.25) is 5.90 Å². The Morgan fingerprint density at radius 2 is 2.40 bits per heavy atom. The molecule has 0 radical (unpaired) electrons. The highest BCUT2D eigenvalue weighted by Crippen LogP contribution is 2.06. The van der Waals surface area contributed by atoms with Crippen LogP contribution in [0.5, 0.6) is 0 Å². The summed E-state index contributed by atoms with van der Waals surface area (Å²) >= 11 is 0. The number of cyclic esters (lactones) is 1. The van der Waals surface area contributed by atoms with Crippen molar-refractivity contribution in [2.24, 2.45) is 10.7 Å². The minimum atomic E-state index is -0.374. The molecule has 0 spiro atoms. The van der Waals surface area contributed by atoms with Crippen molar-refractivity contribution in [3.05, 3.63) is 0 Å². The van der Waals surface area contributed by atoms with E-state index in [4.69, 9.17) is 10.5 Å². The summed E-state index contributed by atoms with van der Waals surface area (Å²) in [6, 6.07) is -0.658. The van der Waals surface area contributed by atoms with Gasteiger partial charge in [0.1, 0.15) is 6.04 Å². The predicted octanol–water partition coefficient (Wildman–Crippen LogP) is -0.323. The molecule has 56 valence electrons. The minimum absolute atomic E-state index is 0.283. The standard InChI is InChI=1S/C6H10N2O2/c1-3(7)5-8-4(2)6(9)10-5/h3-4H,7H2,1-2H3/t3-,4-/m0/s1. The largest absolute Gasteiger partial charge is 0.409 e. The van der Waals surface area contributed by atoms with E-state index >= 15 is 0 Å². The molecule has 2 atom stereocenters. The van der Waals surface area contributed by atoms with Gasteiger partial charge in [0.25, 0.3) is 0 Å². The number of esters is 1. The van der Waals surface area contributed by atoms with Crippen molar-refractivity contribution in [2.45, 2.75) is 25.9 Å². The molecule has 4 heteroatoms. The van der Waals surface area contributed by atoms with Crippen molar-refractivity contribution in [2.75, 3.05) is 0 Å². The van der Waals surface area contributed by atoms with Gasteiger partial charge >= 0.3 is 5.97 Å². The summed E-state index contributed by atoms with van der Waals surface area (Å²) < 4.78 is 4.72. The molecule has 2 N–H and O–H groups in total. The third-order valence-electron chi connectivity index (χ3n) is 1.26. The Morgan fingerprint density at radius 1 is 1.80 bits per heavy atom. The number of aliphatic imine (C=N–C) groups is 1. The first-order valence-corrected chi connectivity index (χ1v) is 3.16. The van der Waals surface area contributed by atoms with Crippen LogP contribution in [0.2, 0.25) is 0 Å². The molecule has 1 heterocycles. The molecule has 0 fully saturated rings. The molecule has 0 amide bonds. The average Bonchev–Trinajstić information content (AvgIpc) is 2.13. The lowest BCUT2D eigenvalue weighted by molar-refractivity contribution is -0.134. The molecule has 0 unspecified atom stereocenters. The van der Waals surface area contributed by atoms with Gasteiger partial charge in [-0.05, 0) is 13.8 Å². The summed E-state index contributed by atoms with van der Waals surface area (Å²) in [5.74, 6) is 0.0322. The van der Waals surface area contributed by atoms with E-state index in [1.54, 1.807) is 13.8 Å². The predicted molar refractivity (Wildman–Crippen MR) is 36.6 cm³/mol. The summed E-state index contributed by atoms with van der Waals surface area (Å²) in [7, 11) is 0. The first-order valence-electron chi connectivity index (χ1n) is 3.16. The number of nitrogens with two attached hydrogens (primary N) is 1. The maximum absolute atomic E-state index is 10.7. The molecule has 0 saturated carbocycles. The lowest BCUT2D eigenvalue weighted by Gasteiger charge is -2.00. The summed E-state index contributed by atoms with van der Waals surface area (Å²) in [5, 5.41) is 0. The Hall–Kier alpha value is -0.900. The fraction of sp³-hybridized carbons (Fsp3) is 0.667. The fourth-order valence-electron chi connectivity index (χ4n) is 0.669.